The molecule has 2 atom stereocenters. The van der Waals surface area contributed by atoms with Gasteiger partial charge in [0.05, 0.1) is 18.4 Å². The first-order valence-corrected chi connectivity index (χ1v) is 6.37. The molecular weight excluding hydrogens is 230 g/mol. The Bertz CT molecular complexity index is 377. The van der Waals surface area contributed by atoms with E-state index in [0.29, 0.717) is 13.0 Å². The lowest BCUT2D eigenvalue weighted by molar-refractivity contribution is 0.0590. The van der Waals surface area contributed by atoms with Crippen LogP contribution >= 0.6 is 0 Å². The third-order valence-electron chi connectivity index (χ3n) is 3.29. The van der Waals surface area contributed by atoms with Gasteiger partial charge in [-0.3, -0.25) is 4.68 Å². The Labute approximate surface area is 109 Å². The molecule has 0 aliphatic rings. The Kier molecular flexibility index (Phi) is 5.78. The summed E-state index contributed by atoms with van der Waals surface area (Å²) in [6.07, 6.45) is 0.294. The minimum Gasteiger partial charge on any atom is -0.391 e. The van der Waals surface area contributed by atoms with Gasteiger partial charge in [0.2, 0.25) is 0 Å². The van der Waals surface area contributed by atoms with E-state index in [9.17, 15) is 5.11 Å². The maximum atomic E-state index is 9.56. The average molecular weight is 255 g/mol. The molecule has 0 aliphatic carbocycles. The zero-order valence-electron chi connectivity index (χ0n) is 12.0. The molecule has 1 aromatic heterocycles. The van der Waals surface area contributed by atoms with E-state index in [4.69, 9.17) is 4.74 Å². The Balaban J connectivity index is 2.48. The van der Waals surface area contributed by atoms with Crippen molar-refractivity contribution >= 4 is 0 Å². The largest absolute Gasteiger partial charge is 0.391 e. The van der Waals surface area contributed by atoms with Crippen molar-refractivity contribution in [2.75, 3.05) is 20.3 Å². The lowest BCUT2D eigenvalue weighted by atomic mass is 10.1. The Morgan fingerprint density at radius 2 is 2.11 bits per heavy atom. The smallest absolute Gasteiger partial charge is 0.0785 e. The number of methoxy groups -OCH3 is 1. The predicted molar refractivity (Wildman–Crippen MR) is 71.6 cm³/mol. The minimum atomic E-state index is -0.397. The molecule has 1 rings (SSSR count). The number of hydrogen-bond donors (Lipinski definition) is 2. The number of hydrogen-bond acceptors (Lipinski definition) is 4. The maximum Gasteiger partial charge on any atom is 0.0785 e. The van der Waals surface area contributed by atoms with Gasteiger partial charge in [-0.25, -0.2) is 0 Å². The first-order valence-electron chi connectivity index (χ1n) is 6.37. The molecule has 0 spiro atoms. The van der Waals surface area contributed by atoms with Crippen molar-refractivity contribution in [3.05, 3.63) is 17.0 Å². The number of aliphatic hydroxyl groups excluding tert-OH is 1. The topological polar surface area (TPSA) is 59.3 Å². The van der Waals surface area contributed by atoms with Crippen molar-refractivity contribution < 1.29 is 9.84 Å². The standard InChI is InChI=1S/C13H25N3O2/c1-9(14-7-6-12(17)8-18-5)13-10(2)15-16(4)11(13)3/h9,12,14,17H,6-8H2,1-5H3. The van der Waals surface area contributed by atoms with Crippen LogP contribution in [-0.4, -0.2) is 41.3 Å². The number of rotatable bonds is 7. The van der Waals surface area contributed by atoms with Gasteiger partial charge in [-0.05, 0) is 33.7 Å². The zero-order valence-corrected chi connectivity index (χ0v) is 12.0. The molecule has 18 heavy (non-hydrogen) atoms. The van der Waals surface area contributed by atoms with Crippen LogP contribution in [0.4, 0.5) is 0 Å². The average Bonchev–Trinajstić information content (AvgIpc) is 2.53. The normalized spacial score (nSPS) is 14.8. The summed E-state index contributed by atoms with van der Waals surface area (Å²) in [6.45, 7) is 7.38. The van der Waals surface area contributed by atoms with Crippen LogP contribution in [0, 0.1) is 13.8 Å². The molecule has 0 saturated carbocycles. The second-order valence-corrected chi connectivity index (χ2v) is 4.78. The van der Waals surface area contributed by atoms with Gasteiger partial charge >= 0.3 is 0 Å². The third kappa shape index (κ3) is 3.80. The second-order valence-electron chi connectivity index (χ2n) is 4.78. The predicted octanol–water partition coefficient (Wildman–Crippen LogP) is 1.08. The van der Waals surface area contributed by atoms with Crippen LogP contribution in [0.2, 0.25) is 0 Å². The van der Waals surface area contributed by atoms with E-state index < -0.39 is 6.10 Å². The second kappa shape index (κ2) is 6.87. The van der Waals surface area contributed by atoms with Gasteiger partial charge in [0, 0.05) is 31.5 Å². The van der Waals surface area contributed by atoms with Crippen molar-refractivity contribution in [1.29, 1.82) is 0 Å². The molecule has 0 aromatic carbocycles. The van der Waals surface area contributed by atoms with Gasteiger partial charge in [0.25, 0.3) is 0 Å². The van der Waals surface area contributed by atoms with Gasteiger partial charge in [-0.2, -0.15) is 5.10 Å². The van der Waals surface area contributed by atoms with Crippen LogP contribution < -0.4 is 5.32 Å². The molecule has 0 radical (unpaired) electrons. The third-order valence-corrected chi connectivity index (χ3v) is 3.29. The molecule has 5 nitrogen and oxygen atoms in total. The molecule has 0 fully saturated rings. The van der Waals surface area contributed by atoms with Gasteiger partial charge in [0.1, 0.15) is 0 Å². The van der Waals surface area contributed by atoms with E-state index in [0.717, 1.165) is 12.2 Å². The van der Waals surface area contributed by atoms with Gasteiger partial charge in [-0.15, -0.1) is 0 Å². The Hall–Kier alpha value is -0.910. The van der Waals surface area contributed by atoms with Gasteiger partial charge in [-0.1, -0.05) is 0 Å². The Morgan fingerprint density at radius 1 is 1.44 bits per heavy atom. The molecule has 1 heterocycles. The zero-order chi connectivity index (χ0) is 13.7. The Morgan fingerprint density at radius 3 is 2.61 bits per heavy atom. The number of ether oxygens (including phenoxy) is 1. The van der Waals surface area contributed by atoms with Crippen molar-refractivity contribution in [3.8, 4) is 0 Å². The van der Waals surface area contributed by atoms with Crippen LogP contribution in [-0.2, 0) is 11.8 Å². The number of aryl methyl sites for hydroxylation is 2. The van der Waals surface area contributed by atoms with Crippen molar-refractivity contribution in [3.63, 3.8) is 0 Å². The van der Waals surface area contributed by atoms with E-state index in [1.807, 2.05) is 18.7 Å². The summed E-state index contributed by atoms with van der Waals surface area (Å²) in [6, 6.07) is 0.244. The van der Waals surface area contributed by atoms with Crippen molar-refractivity contribution in [2.45, 2.75) is 39.3 Å². The molecule has 1 aromatic rings. The van der Waals surface area contributed by atoms with E-state index >= 15 is 0 Å². The van der Waals surface area contributed by atoms with Crippen LogP contribution in [0.1, 0.15) is 36.3 Å². The van der Waals surface area contributed by atoms with Gasteiger partial charge in [0.15, 0.2) is 0 Å². The highest BCUT2D eigenvalue weighted by atomic mass is 16.5. The monoisotopic (exact) mass is 255 g/mol. The first kappa shape index (κ1) is 15.1. The molecule has 0 amide bonds. The summed E-state index contributed by atoms with van der Waals surface area (Å²) >= 11 is 0. The summed E-state index contributed by atoms with van der Waals surface area (Å²) in [4.78, 5) is 0. The van der Waals surface area contributed by atoms with Crippen molar-refractivity contribution in [1.82, 2.24) is 15.1 Å². The number of nitrogens with one attached hydrogen (secondary N) is 1. The SMILES string of the molecule is COCC(O)CCNC(C)c1c(C)nn(C)c1C. The lowest BCUT2D eigenvalue weighted by Gasteiger charge is -2.16. The molecular formula is C13H25N3O2. The minimum absolute atomic E-state index is 0.244. The molecule has 0 bridgehead atoms. The van der Waals surface area contributed by atoms with Crippen LogP contribution in [0.5, 0.6) is 0 Å². The van der Waals surface area contributed by atoms with E-state index in [1.54, 1.807) is 7.11 Å². The molecule has 0 aliphatic heterocycles. The molecule has 0 saturated heterocycles. The van der Waals surface area contributed by atoms with Crippen molar-refractivity contribution in [2.24, 2.45) is 7.05 Å². The number of nitrogens with zero attached hydrogens (tertiary/aromatic N) is 2. The maximum absolute atomic E-state index is 9.56. The van der Waals surface area contributed by atoms with Crippen LogP contribution in [0.3, 0.4) is 0 Å². The van der Waals surface area contributed by atoms with Crippen LogP contribution in [0.25, 0.3) is 0 Å². The molecule has 2 N–H and O–H groups in total. The van der Waals surface area contributed by atoms with E-state index in [-0.39, 0.29) is 6.04 Å². The quantitative estimate of drug-likeness (QED) is 0.765. The molecule has 104 valence electrons. The van der Waals surface area contributed by atoms with Crippen LogP contribution in [0.15, 0.2) is 0 Å². The highest BCUT2D eigenvalue weighted by Crippen LogP contribution is 2.20. The van der Waals surface area contributed by atoms with E-state index in [1.165, 1.54) is 11.3 Å². The fraction of sp³-hybridized carbons (Fsp3) is 0.769. The summed E-state index contributed by atoms with van der Waals surface area (Å²) in [7, 11) is 3.56. The fourth-order valence-corrected chi connectivity index (χ4v) is 2.26. The first-order chi connectivity index (χ1) is 8.47. The highest BCUT2D eigenvalue weighted by molar-refractivity contribution is 5.27. The number of aliphatic hydroxyl groups is 1. The number of aromatic nitrogens is 2. The highest BCUT2D eigenvalue weighted by Gasteiger charge is 2.15. The fourth-order valence-electron chi connectivity index (χ4n) is 2.26. The van der Waals surface area contributed by atoms with E-state index in [2.05, 4.69) is 24.3 Å². The molecule has 5 heteroatoms. The summed E-state index contributed by atoms with van der Waals surface area (Å²) in [5.74, 6) is 0. The summed E-state index contributed by atoms with van der Waals surface area (Å²) < 4.78 is 6.80. The lowest BCUT2D eigenvalue weighted by Crippen LogP contribution is -2.26. The summed E-state index contributed by atoms with van der Waals surface area (Å²) in [5, 5.41) is 17.4. The molecule has 2 unspecified atom stereocenters. The summed E-state index contributed by atoms with van der Waals surface area (Å²) in [5.41, 5.74) is 3.50. The van der Waals surface area contributed by atoms with Gasteiger partial charge < -0.3 is 15.2 Å².